The third-order valence-corrected chi connectivity index (χ3v) is 2.70. The molecular formula is C13H27NO2. The number of carbonyl (C=O) groups is 1. The molecule has 16 heavy (non-hydrogen) atoms. The molecule has 3 nitrogen and oxygen atoms in total. The van der Waals surface area contributed by atoms with Crippen LogP contribution >= 0.6 is 0 Å². The van der Waals surface area contributed by atoms with Gasteiger partial charge in [-0.15, -0.1) is 0 Å². The van der Waals surface area contributed by atoms with E-state index in [-0.39, 0.29) is 0 Å². The van der Waals surface area contributed by atoms with Crippen LogP contribution in [0.1, 0.15) is 64.7 Å². The van der Waals surface area contributed by atoms with Crippen molar-refractivity contribution in [2.45, 2.75) is 64.7 Å². The maximum Gasteiger partial charge on any atom is 0.303 e. The summed E-state index contributed by atoms with van der Waals surface area (Å²) in [6, 6.07) is 0. The van der Waals surface area contributed by atoms with Crippen molar-refractivity contribution in [3.63, 3.8) is 0 Å². The molecule has 0 aromatic heterocycles. The van der Waals surface area contributed by atoms with Crippen LogP contribution in [-0.4, -0.2) is 24.2 Å². The molecule has 0 bridgehead atoms. The second-order valence-electron chi connectivity index (χ2n) is 4.37. The molecule has 0 fully saturated rings. The lowest BCUT2D eigenvalue weighted by atomic mass is 10.1. The first-order valence-corrected chi connectivity index (χ1v) is 6.70. The minimum absolute atomic E-state index is 0.304. The number of nitrogens with one attached hydrogen (secondary N) is 1. The second-order valence-corrected chi connectivity index (χ2v) is 4.37. The predicted octanol–water partition coefficient (Wildman–Crippen LogP) is 3.19. The predicted molar refractivity (Wildman–Crippen MR) is 67.7 cm³/mol. The van der Waals surface area contributed by atoms with E-state index in [2.05, 4.69) is 12.2 Å². The SMILES string of the molecule is CCCCCCCCNCCCCC(=O)O. The lowest BCUT2D eigenvalue weighted by molar-refractivity contribution is -0.137. The average Bonchev–Trinajstić information content (AvgIpc) is 2.25. The van der Waals surface area contributed by atoms with Gasteiger partial charge in [0, 0.05) is 6.42 Å². The van der Waals surface area contributed by atoms with E-state index >= 15 is 0 Å². The summed E-state index contributed by atoms with van der Waals surface area (Å²) in [4.78, 5) is 10.2. The molecule has 0 atom stereocenters. The Labute approximate surface area is 99.6 Å². The van der Waals surface area contributed by atoms with E-state index in [1.807, 2.05) is 0 Å². The molecule has 0 heterocycles. The van der Waals surface area contributed by atoms with Crippen LogP contribution in [0, 0.1) is 0 Å². The summed E-state index contributed by atoms with van der Waals surface area (Å²) in [5.41, 5.74) is 0. The van der Waals surface area contributed by atoms with Crippen LogP contribution in [0.2, 0.25) is 0 Å². The molecular weight excluding hydrogens is 202 g/mol. The number of hydrogen-bond acceptors (Lipinski definition) is 2. The van der Waals surface area contributed by atoms with Gasteiger partial charge in [0.1, 0.15) is 0 Å². The maximum absolute atomic E-state index is 10.2. The summed E-state index contributed by atoms with van der Waals surface area (Å²) in [5.74, 6) is -0.684. The van der Waals surface area contributed by atoms with Crippen LogP contribution < -0.4 is 5.32 Å². The molecule has 0 unspecified atom stereocenters. The van der Waals surface area contributed by atoms with Crippen molar-refractivity contribution in [3.8, 4) is 0 Å². The van der Waals surface area contributed by atoms with Gasteiger partial charge < -0.3 is 10.4 Å². The molecule has 0 aliphatic heterocycles. The van der Waals surface area contributed by atoms with E-state index in [9.17, 15) is 4.79 Å². The smallest absolute Gasteiger partial charge is 0.303 e. The van der Waals surface area contributed by atoms with Crippen LogP contribution in [-0.2, 0) is 4.79 Å². The van der Waals surface area contributed by atoms with Crippen LogP contribution in [0.4, 0.5) is 0 Å². The third-order valence-electron chi connectivity index (χ3n) is 2.70. The Kier molecular flexibility index (Phi) is 12.1. The Morgan fingerprint density at radius 3 is 2.12 bits per heavy atom. The Morgan fingerprint density at radius 2 is 1.50 bits per heavy atom. The van der Waals surface area contributed by atoms with Gasteiger partial charge in [-0.2, -0.15) is 0 Å². The van der Waals surface area contributed by atoms with E-state index in [0.29, 0.717) is 6.42 Å². The first-order valence-electron chi connectivity index (χ1n) is 6.70. The summed E-state index contributed by atoms with van der Waals surface area (Å²) in [6.45, 7) is 4.28. The summed E-state index contributed by atoms with van der Waals surface area (Å²) in [5, 5.41) is 11.8. The van der Waals surface area contributed by atoms with Crippen LogP contribution in [0.25, 0.3) is 0 Å². The maximum atomic E-state index is 10.2. The van der Waals surface area contributed by atoms with Crippen molar-refractivity contribution < 1.29 is 9.90 Å². The molecule has 0 rings (SSSR count). The topological polar surface area (TPSA) is 49.3 Å². The van der Waals surface area contributed by atoms with E-state index in [1.54, 1.807) is 0 Å². The standard InChI is InChI=1S/C13H27NO2/c1-2-3-4-5-6-8-11-14-12-9-7-10-13(15)16/h14H,2-12H2,1H3,(H,15,16). The van der Waals surface area contributed by atoms with E-state index in [1.165, 1.54) is 38.5 Å². The highest BCUT2D eigenvalue weighted by atomic mass is 16.4. The van der Waals surface area contributed by atoms with Gasteiger partial charge in [-0.3, -0.25) is 4.79 Å². The number of rotatable bonds is 12. The highest BCUT2D eigenvalue weighted by Gasteiger charge is 1.95. The molecule has 0 aliphatic rings. The van der Waals surface area contributed by atoms with Gasteiger partial charge in [-0.1, -0.05) is 39.0 Å². The number of carboxylic acids is 1. The fraction of sp³-hybridized carbons (Fsp3) is 0.923. The van der Waals surface area contributed by atoms with Crippen molar-refractivity contribution >= 4 is 5.97 Å². The molecule has 0 aromatic carbocycles. The van der Waals surface area contributed by atoms with Crippen molar-refractivity contribution in [2.75, 3.05) is 13.1 Å². The van der Waals surface area contributed by atoms with Crippen LogP contribution in [0.5, 0.6) is 0 Å². The first kappa shape index (κ1) is 15.4. The van der Waals surface area contributed by atoms with Crippen molar-refractivity contribution in [1.82, 2.24) is 5.32 Å². The minimum atomic E-state index is -0.684. The Bertz CT molecular complexity index is 160. The quantitative estimate of drug-likeness (QED) is 0.505. The third kappa shape index (κ3) is 13.4. The van der Waals surface area contributed by atoms with Gasteiger partial charge in [0.05, 0.1) is 0 Å². The second kappa shape index (κ2) is 12.5. The molecule has 0 radical (unpaired) electrons. The zero-order chi connectivity index (χ0) is 12.1. The van der Waals surface area contributed by atoms with Gasteiger partial charge >= 0.3 is 5.97 Å². The average molecular weight is 229 g/mol. The molecule has 3 heteroatoms. The zero-order valence-electron chi connectivity index (χ0n) is 10.6. The largest absolute Gasteiger partial charge is 0.481 e. The lowest BCUT2D eigenvalue weighted by Gasteiger charge is -2.04. The summed E-state index contributed by atoms with van der Waals surface area (Å²) < 4.78 is 0. The normalized spacial score (nSPS) is 10.6. The van der Waals surface area contributed by atoms with Gasteiger partial charge in [0.25, 0.3) is 0 Å². The fourth-order valence-corrected chi connectivity index (χ4v) is 1.68. The molecule has 96 valence electrons. The Hall–Kier alpha value is -0.570. The van der Waals surface area contributed by atoms with Gasteiger partial charge in [-0.25, -0.2) is 0 Å². The first-order chi connectivity index (χ1) is 7.77. The van der Waals surface area contributed by atoms with Crippen LogP contribution in [0.15, 0.2) is 0 Å². The molecule has 2 N–H and O–H groups in total. The number of hydrogen-bond donors (Lipinski definition) is 2. The number of unbranched alkanes of at least 4 members (excludes halogenated alkanes) is 6. The fourth-order valence-electron chi connectivity index (χ4n) is 1.68. The zero-order valence-corrected chi connectivity index (χ0v) is 10.6. The molecule has 0 aliphatic carbocycles. The lowest BCUT2D eigenvalue weighted by Crippen LogP contribution is -2.16. The molecule has 0 spiro atoms. The molecule has 0 saturated heterocycles. The Morgan fingerprint density at radius 1 is 0.938 bits per heavy atom. The van der Waals surface area contributed by atoms with Gasteiger partial charge in [-0.05, 0) is 32.4 Å². The highest BCUT2D eigenvalue weighted by molar-refractivity contribution is 5.66. The van der Waals surface area contributed by atoms with Crippen molar-refractivity contribution in [3.05, 3.63) is 0 Å². The van der Waals surface area contributed by atoms with Gasteiger partial charge in [0.2, 0.25) is 0 Å². The molecule has 0 amide bonds. The highest BCUT2D eigenvalue weighted by Crippen LogP contribution is 2.04. The monoisotopic (exact) mass is 229 g/mol. The summed E-state index contributed by atoms with van der Waals surface area (Å²) in [7, 11) is 0. The Balaban J connectivity index is 2.90. The van der Waals surface area contributed by atoms with E-state index < -0.39 is 5.97 Å². The molecule has 0 aromatic rings. The summed E-state index contributed by atoms with van der Waals surface area (Å²) in [6.07, 6.45) is 10.0. The number of carboxylic acid groups (broad SMARTS) is 1. The number of aliphatic carboxylic acids is 1. The van der Waals surface area contributed by atoms with E-state index in [4.69, 9.17) is 5.11 Å². The van der Waals surface area contributed by atoms with E-state index in [0.717, 1.165) is 25.9 Å². The molecule has 0 saturated carbocycles. The summed E-state index contributed by atoms with van der Waals surface area (Å²) >= 11 is 0. The van der Waals surface area contributed by atoms with Crippen molar-refractivity contribution in [2.24, 2.45) is 0 Å². The van der Waals surface area contributed by atoms with Gasteiger partial charge in [0.15, 0.2) is 0 Å². The van der Waals surface area contributed by atoms with Crippen LogP contribution in [0.3, 0.4) is 0 Å². The minimum Gasteiger partial charge on any atom is -0.481 e. The van der Waals surface area contributed by atoms with Crippen molar-refractivity contribution in [1.29, 1.82) is 0 Å².